The van der Waals surface area contributed by atoms with Crippen molar-refractivity contribution in [1.29, 1.82) is 0 Å². The molecule has 0 amide bonds. The van der Waals surface area contributed by atoms with Gasteiger partial charge < -0.3 is 15.4 Å². The molecule has 8 heteroatoms. The minimum atomic E-state index is 0. The highest BCUT2D eigenvalue weighted by Crippen LogP contribution is 2.19. The normalized spacial score (nSPS) is 11.1. The van der Waals surface area contributed by atoms with Crippen molar-refractivity contribution in [3.05, 3.63) is 59.5 Å². The Morgan fingerprint density at radius 2 is 1.96 bits per heavy atom. The third-order valence-corrected chi connectivity index (χ3v) is 3.91. The maximum atomic E-state index is 5.44. The number of aromatic nitrogens is 3. The Hall–Kier alpha value is -2.36. The lowest BCUT2D eigenvalue weighted by atomic mass is 10.1. The SMILES string of the molecule is CN=C(NCc1ccc(C)cc1OC)NCc1nnc2ccccn12.I. The Balaban J connectivity index is 0.00000243. The predicted octanol–water partition coefficient (Wildman–Crippen LogP) is 2.53. The summed E-state index contributed by atoms with van der Waals surface area (Å²) in [6.45, 7) is 3.18. The fraction of sp³-hybridized carbons (Fsp3) is 0.278. The molecule has 0 bridgehead atoms. The molecule has 0 saturated carbocycles. The van der Waals surface area contributed by atoms with Gasteiger partial charge in [0.1, 0.15) is 5.75 Å². The molecule has 0 radical (unpaired) electrons. The van der Waals surface area contributed by atoms with Crippen LogP contribution in [0.1, 0.15) is 17.0 Å². The average Bonchev–Trinajstić information content (AvgIpc) is 3.06. The largest absolute Gasteiger partial charge is 0.496 e. The van der Waals surface area contributed by atoms with Gasteiger partial charge in [-0.1, -0.05) is 18.2 Å². The molecule has 0 aliphatic rings. The van der Waals surface area contributed by atoms with Gasteiger partial charge in [-0.3, -0.25) is 9.39 Å². The Bertz CT molecular complexity index is 892. The molecule has 0 unspecified atom stereocenters. The second-order valence-electron chi connectivity index (χ2n) is 5.64. The van der Waals surface area contributed by atoms with Crippen molar-refractivity contribution in [1.82, 2.24) is 25.2 Å². The number of fused-ring (bicyclic) bond motifs is 1. The summed E-state index contributed by atoms with van der Waals surface area (Å²) in [5.74, 6) is 2.38. The van der Waals surface area contributed by atoms with E-state index in [9.17, 15) is 0 Å². The van der Waals surface area contributed by atoms with Crippen LogP contribution in [0.2, 0.25) is 0 Å². The molecule has 2 N–H and O–H groups in total. The summed E-state index contributed by atoms with van der Waals surface area (Å²) in [6, 6.07) is 12.0. The Morgan fingerprint density at radius 1 is 1.15 bits per heavy atom. The number of benzene rings is 1. The van der Waals surface area contributed by atoms with Crippen molar-refractivity contribution in [3.8, 4) is 5.75 Å². The summed E-state index contributed by atoms with van der Waals surface area (Å²) >= 11 is 0. The number of aryl methyl sites for hydroxylation is 1. The first-order valence-corrected chi connectivity index (χ1v) is 8.08. The van der Waals surface area contributed by atoms with E-state index in [1.165, 1.54) is 5.56 Å². The van der Waals surface area contributed by atoms with Gasteiger partial charge in [-0.2, -0.15) is 0 Å². The molecule has 0 saturated heterocycles. The summed E-state index contributed by atoms with van der Waals surface area (Å²) in [5.41, 5.74) is 3.07. The number of rotatable bonds is 5. The molecule has 0 spiro atoms. The lowest BCUT2D eigenvalue weighted by Gasteiger charge is -2.14. The monoisotopic (exact) mass is 466 g/mol. The van der Waals surface area contributed by atoms with E-state index in [0.717, 1.165) is 22.8 Å². The molecular formula is C18H23IN6O. The van der Waals surface area contributed by atoms with Crippen LogP contribution in [0.3, 0.4) is 0 Å². The first-order valence-electron chi connectivity index (χ1n) is 8.08. The molecule has 0 aliphatic carbocycles. The molecule has 0 aliphatic heterocycles. The van der Waals surface area contributed by atoms with E-state index < -0.39 is 0 Å². The zero-order chi connectivity index (χ0) is 17.6. The Kier molecular flexibility index (Phi) is 7.19. The van der Waals surface area contributed by atoms with E-state index in [-0.39, 0.29) is 24.0 Å². The van der Waals surface area contributed by atoms with Crippen molar-refractivity contribution in [3.63, 3.8) is 0 Å². The van der Waals surface area contributed by atoms with Crippen LogP contribution < -0.4 is 15.4 Å². The number of hydrogen-bond donors (Lipinski definition) is 2. The van der Waals surface area contributed by atoms with Gasteiger partial charge in [0, 0.05) is 25.4 Å². The quantitative estimate of drug-likeness (QED) is 0.344. The maximum Gasteiger partial charge on any atom is 0.191 e. The minimum absolute atomic E-state index is 0. The van der Waals surface area contributed by atoms with Crippen LogP contribution in [0.4, 0.5) is 0 Å². The van der Waals surface area contributed by atoms with E-state index in [2.05, 4.69) is 38.0 Å². The van der Waals surface area contributed by atoms with Crippen LogP contribution in [0.15, 0.2) is 47.6 Å². The van der Waals surface area contributed by atoms with Crippen LogP contribution in [-0.4, -0.2) is 34.7 Å². The molecular weight excluding hydrogens is 443 g/mol. The van der Waals surface area contributed by atoms with Gasteiger partial charge in [0.05, 0.1) is 13.7 Å². The summed E-state index contributed by atoms with van der Waals surface area (Å²) in [6.07, 6.45) is 1.94. The fourth-order valence-corrected chi connectivity index (χ4v) is 2.57. The minimum Gasteiger partial charge on any atom is -0.496 e. The van der Waals surface area contributed by atoms with Crippen LogP contribution in [-0.2, 0) is 13.1 Å². The van der Waals surface area contributed by atoms with Gasteiger partial charge in [0.25, 0.3) is 0 Å². The van der Waals surface area contributed by atoms with E-state index in [1.807, 2.05) is 41.8 Å². The highest BCUT2D eigenvalue weighted by Gasteiger charge is 2.07. The van der Waals surface area contributed by atoms with Crippen molar-refractivity contribution in [2.75, 3.05) is 14.2 Å². The molecule has 1 aromatic carbocycles. The average molecular weight is 466 g/mol. The van der Waals surface area contributed by atoms with Crippen molar-refractivity contribution in [2.24, 2.45) is 4.99 Å². The third kappa shape index (κ3) is 4.63. The standard InChI is InChI=1S/C18H22N6O.HI/c1-13-7-8-14(15(10-13)25-3)11-20-18(19-2)21-12-17-23-22-16-6-4-5-9-24(16)17;/h4-10H,11-12H2,1-3H3,(H2,19,20,21);1H. The summed E-state index contributed by atoms with van der Waals surface area (Å²) < 4.78 is 7.38. The smallest absolute Gasteiger partial charge is 0.191 e. The number of pyridine rings is 1. The number of methoxy groups -OCH3 is 1. The first kappa shape index (κ1) is 20.0. The van der Waals surface area contributed by atoms with Crippen molar-refractivity contribution < 1.29 is 4.74 Å². The van der Waals surface area contributed by atoms with Gasteiger partial charge in [-0.05, 0) is 30.7 Å². The summed E-state index contributed by atoms with van der Waals surface area (Å²) in [7, 11) is 3.42. The van der Waals surface area contributed by atoms with E-state index in [0.29, 0.717) is 19.0 Å². The Labute approximate surface area is 169 Å². The predicted molar refractivity (Wildman–Crippen MR) is 113 cm³/mol. The highest BCUT2D eigenvalue weighted by atomic mass is 127. The van der Waals surface area contributed by atoms with Crippen molar-refractivity contribution >= 4 is 35.6 Å². The first-order chi connectivity index (χ1) is 12.2. The van der Waals surface area contributed by atoms with Gasteiger partial charge in [0.15, 0.2) is 17.4 Å². The number of halogens is 1. The van der Waals surface area contributed by atoms with Crippen LogP contribution in [0.25, 0.3) is 5.65 Å². The number of ether oxygens (including phenoxy) is 1. The molecule has 3 rings (SSSR count). The van der Waals surface area contributed by atoms with E-state index in [1.54, 1.807) is 14.2 Å². The second-order valence-corrected chi connectivity index (χ2v) is 5.64. The van der Waals surface area contributed by atoms with Crippen molar-refractivity contribution in [2.45, 2.75) is 20.0 Å². The molecule has 2 aromatic heterocycles. The fourth-order valence-electron chi connectivity index (χ4n) is 2.57. The highest BCUT2D eigenvalue weighted by molar-refractivity contribution is 14.0. The molecule has 138 valence electrons. The van der Waals surface area contributed by atoms with Gasteiger partial charge in [0.2, 0.25) is 0 Å². The second kappa shape index (κ2) is 9.37. The van der Waals surface area contributed by atoms with Crippen LogP contribution >= 0.6 is 24.0 Å². The van der Waals surface area contributed by atoms with Crippen LogP contribution in [0, 0.1) is 6.92 Å². The van der Waals surface area contributed by atoms with E-state index >= 15 is 0 Å². The van der Waals surface area contributed by atoms with Gasteiger partial charge in [-0.15, -0.1) is 34.2 Å². The summed E-state index contributed by atoms with van der Waals surface area (Å²) in [4.78, 5) is 4.25. The number of nitrogens with one attached hydrogen (secondary N) is 2. The Morgan fingerprint density at radius 3 is 2.73 bits per heavy atom. The zero-order valence-electron chi connectivity index (χ0n) is 15.1. The number of guanidine groups is 1. The lowest BCUT2D eigenvalue weighted by Crippen LogP contribution is -2.36. The third-order valence-electron chi connectivity index (χ3n) is 3.91. The van der Waals surface area contributed by atoms with Gasteiger partial charge >= 0.3 is 0 Å². The zero-order valence-corrected chi connectivity index (χ0v) is 17.4. The molecule has 7 nitrogen and oxygen atoms in total. The number of nitrogens with zero attached hydrogens (tertiary/aromatic N) is 4. The lowest BCUT2D eigenvalue weighted by molar-refractivity contribution is 0.408. The topological polar surface area (TPSA) is 75.8 Å². The van der Waals surface area contributed by atoms with E-state index in [4.69, 9.17) is 4.74 Å². The molecule has 2 heterocycles. The summed E-state index contributed by atoms with van der Waals surface area (Å²) in [5, 5.41) is 14.9. The van der Waals surface area contributed by atoms with Gasteiger partial charge in [-0.25, -0.2) is 0 Å². The maximum absolute atomic E-state index is 5.44. The molecule has 0 atom stereocenters. The van der Waals surface area contributed by atoms with Crippen LogP contribution in [0.5, 0.6) is 5.75 Å². The molecule has 0 fully saturated rings. The molecule has 26 heavy (non-hydrogen) atoms. The number of hydrogen-bond acceptors (Lipinski definition) is 4. The number of aliphatic imine (C=N–C) groups is 1. The molecule has 3 aromatic rings.